The van der Waals surface area contributed by atoms with Crippen molar-refractivity contribution in [2.75, 3.05) is 19.6 Å². The lowest BCUT2D eigenvalue weighted by molar-refractivity contribution is 0.0714. The van der Waals surface area contributed by atoms with Gasteiger partial charge in [-0.25, -0.2) is 0 Å². The lowest BCUT2D eigenvalue weighted by Crippen LogP contribution is -2.51. The van der Waals surface area contributed by atoms with Crippen molar-refractivity contribution in [3.05, 3.63) is 21.3 Å². The summed E-state index contributed by atoms with van der Waals surface area (Å²) in [6, 6.07) is 3.94. The van der Waals surface area contributed by atoms with E-state index >= 15 is 0 Å². The van der Waals surface area contributed by atoms with Crippen LogP contribution in [0.4, 0.5) is 0 Å². The molecule has 0 aliphatic carbocycles. The minimum Gasteiger partial charge on any atom is -0.335 e. The zero-order valence-electron chi connectivity index (χ0n) is 8.50. The molecule has 1 fully saturated rings. The van der Waals surface area contributed by atoms with Gasteiger partial charge in [-0.05, 0) is 19.1 Å². The van der Waals surface area contributed by atoms with Crippen LogP contribution in [0.25, 0.3) is 0 Å². The van der Waals surface area contributed by atoms with Gasteiger partial charge < -0.3 is 10.2 Å². The van der Waals surface area contributed by atoms with Crippen molar-refractivity contribution in [3.63, 3.8) is 0 Å². The molecule has 1 aliphatic rings. The molecule has 1 amide bonds. The third-order valence-electron chi connectivity index (χ3n) is 2.44. The van der Waals surface area contributed by atoms with E-state index in [9.17, 15) is 4.79 Å². The molecule has 0 aromatic carbocycles. The summed E-state index contributed by atoms with van der Waals surface area (Å²) in [5.41, 5.74) is 0. The largest absolute Gasteiger partial charge is 0.335 e. The summed E-state index contributed by atoms with van der Waals surface area (Å²) >= 11 is 7.15. The van der Waals surface area contributed by atoms with E-state index in [1.165, 1.54) is 11.3 Å². The highest BCUT2D eigenvalue weighted by Gasteiger charge is 2.22. The number of thiophene rings is 1. The molecule has 5 heteroatoms. The van der Waals surface area contributed by atoms with Crippen LogP contribution in [-0.4, -0.2) is 36.5 Å². The fourth-order valence-electron chi connectivity index (χ4n) is 1.70. The van der Waals surface area contributed by atoms with Crippen molar-refractivity contribution in [3.8, 4) is 0 Å². The predicted octanol–water partition coefficient (Wildman–Crippen LogP) is 1.84. The van der Waals surface area contributed by atoms with Crippen molar-refractivity contribution in [2.45, 2.75) is 13.0 Å². The van der Waals surface area contributed by atoms with Crippen LogP contribution in [-0.2, 0) is 0 Å². The van der Waals surface area contributed by atoms with Gasteiger partial charge in [-0.2, -0.15) is 0 Å². The Balaban J connectivity index is 2.07. The van der Waals surface area contributed by atoms with Crippen molar-refractivity contribution in [1.82, 2.24) is 10.2 Å². The predicted molar refractivity (Wildman–Crippen MR) is 62.7 cm³/mol. The zero-order chi connectivity index (χ0) is 10.8. The molecule has 2 heterocycles. The van der Waals surface area contributed by atoms with Crippen molar-refractivity contribution < 1.29 is 4.79 Å². The molecule has 1 aliphatic heterocycles. The number of halogens is 1. The molecule has 1 atom stereocenters. The Bertz CT molecular complexity index is 366. The molecule has 1 N–H and O–H groups in total. The Hall–Kier alpha value is -0.580. The van der Waals surface area contributed by atoms with Gasteiger partial charge in [0, 0.05) is 25.7 Å². The van der Waals surface area contributed by atoms with Crippen LogP contribution in [0.5, 0.6) is 0 Å². The Morgan fingerprint density at radius 2 is 2.47 bits per heavy atom. The monoisotopic (exact) mass is 244 g/mol. The number of amides is 1. The van der Waals surface area contributed by atoms with E-state index in [4.69, 9.17) is 11.6 Å². The average molecular weight is 245 g/mol. The molecule has 0 bridgehead atoms. The number of hydrogen-bond donors (Lipinski definition) is 1. The number of carbonyl (C=O) groups is 1. The normalized spacial score (nSPS) is 21.7. The van der Waals surface area contributed by atoms with Crippen LogP contribution in [0.15, 0.2) is 12.1 Å². The lowest BCUT2D eigenvalue weighted by Gasteiger charge is -2.31. The molecular formula is C10H13ClN2OS. The van der Waals surface area contributed by atoms with Crippen molar-refractivity contribution >= 4 is 28.8 Å². The number of carbonyl (C=O) groups excluding carboxylic acids is 1. The van der Waals surface area contributed by atoms with E-state index in [0.29, 0.717) is 10.4 Å². The first kappa shape index (κ1) is 10.9. The van der Waals surface area contributed by atoms with Crippen LogP contribution in [0.2, 0.25) is 4.34 Å². The number of hydrogen-bond acceptors (Lipinski definition) is 3. The molecule has 0 spiro atoms. The summed E-state index contributed by atoms with van der Waals surface area (Å²) in [6.45, 7) is 4.50. The Labute approximate surface area is 98.0 Å². The Kier molecular flexibility index (Phi) is 3.29. The van der Waals surface area contributed by atoms with Gasteiger partial charge in [0.2, 0.25) is 0 Å². The molecule has 1 saturated heterocycles. The van der Waals surface area contributed by atoms with Gasteiger partial charge in [0.15, 0.2) is 0 Å². The topological polar surface area (TPSA) is 32.3 Å². The Morgan fingerprint density at radius 3 is 3.07 bits per heavy atom. The highest BCUT2D eigenvalue weighted by atomic mass is 35.5. The first-order valence-corrected chi connectivity index (χ1v) is 6.14. The van der Waals surface area contributed by atoms with Gasteiger partial charge in [-0.15, -0.1) is 11.3 Å². The standard InChI is InChI=1S/C10H13ClN2OS/c1-7-6-13(5-4-12-7)10(14)8-2-3-9(11)15-8/h2-3,7,12H,4-6H2,1H3. The van der Waals surface area contributed by atoms with E-state index in [1.807, 2.05) is 4.90 Å². The maximum atomic E-state index is 12.0. The quantitative estimate of drug-likeness (QED) is 0.818. The van der Waals surface area contributed by atoms with Gasteiger partial charge in [0.1, 0.15) is 0 Å². The van der Waals surface area contributed by atoms with Gasteiger partial charge in [-0.3, -0.25) is 4.79 Å². The Morgan fingerprint density at radius 1 is 1.67 bits per heavy atom. The average Bonchev–Trinajstić information content (AvgIpc) is 2.64. The minimum atomic E-state index is 0.0975. The van der Waals surface area contributed by atoms with Gasteiger partial charge in [0.05, 0.1) is 9.21 Å². The molecule has 15 heavy (non-hydrogen) atoms. The molecule has 1 aromatic rings. The van der Waals surface area contributed by atoms with E-state index in [1.54, 1.807) is 12.1 Å². The third-order valence-corrected chi connectivity index (χ3v) is 3.66. The molecule has 82 valence electrons. The van der Waals surface area contributed by atoms with Crippen LogP contribution >= 0.6 is 22.9 Å². The molecule has 1 aromatic heterocycles. The molecule has 0 radical (unpaired) electrons. The molecule has 1 unspecified atom stereocenters. The molecular weight excluding hydrogens is 232 g/mol. The smallest absolute Gasteiger partial charge is 0.264 e. The summed E-state index contributed by atoms with van der Waals surface area (Å²) in [5.74, 6) is 0.0975. The molecule has 3 nitrogen and oxygen atoms in total. The summed E-state index contributed by atoms with van der Waals surface area (Å²) in [6.07, 6.45) is 0. The van der Waals surface area contributed by atoms with Gasteiger partial charge >= 0.3 is 0 Å². The first-order valence-electron chi connectivity index (χ1n) is 4.95. The molecule has 0 saturated carbocycles. The minimum absolute atomic E-state index is 0.0975. The second-order valence-corrected chi connectivity index (χ2v) is 5.43. The van der Waals surface area contributed by atoms with Crippen molar-refractivity contribution in [2.24, 2.45) is 0 Å². The number of nitrogens with one attached hydrogen (secondary N) is 1. The number of nitrogens with zero attached hydrogens (tertiary/aromatic N) is 1. The SMILES string of the molecule is CC1CN(C(=O)c2ccc(Cl)s2)CCN1. The van der Waals surface area contributed by atoms with Gasteiger partial charge in [0.25, 0.3) is 5.91 Å². The van der Waals surface area contributed by atoms with E-state index in [-0.39, 0.29) is 5.91 Å². The van der Waals surface area contributed by atoms with Crippen LogP contribution < -0.4 is 5.32 Å². The highest BCUT2D eigenvalue weighted by molar-refractivity contribution is 7.17. The van der Waals surface area contributed by atoms with E-state index in [0.717, 1.165) is 24.5 Å². The highest BCUT2D eigenvalue weighted by Crippen LogP contribution is 2.23. The van der Waals surface area contributed by atoms with Gasteiger partial charge in [-0.1, -0.05) is 11.6 Å². The summed E-state index contributed by atoms with van der Waals surface area (Å²) in [5, 5.41) is 3.31. The van der Waals surface area contributed by atoms with Crippen molar-refractivity contribution in [1.29, 1.82) is 0 Å². The fourth-order valence-corrected chi connectivity index (χ4v) is 2.71. The third kappa shape index (κ3) is 2.51. The maximum Gasteiger partial charge on any atom is 0.264 e. The second kappa shape index (κ2) is 4.51. The zero-order valence-corrected chi connectivity index (χ0v) is 10.1. The lowest BCUT2D eigenvalue weighted by atomic mass is 10.2. The number of rotatable bonds is 1. The van der Waals surface area contributed by atoms with Crippen LogP contribution in [0.1, 0.15) is 16.6 Å². The summed E-state index contributed by atoms with van der Waals surface area (Å²) in [7, 11) is 0. The summed E-state index contributed by atoms with van der Waals surface area (Å²) < 4.78 is 0.668. The second-order valence-electron chi connectivity index (χ2n) is 3.71. The van der Waals surface area contributed by atoms with Crippen LogP contribution in [0.3, 0.4) is 0 Å². The maximum absolute atomic E-state index is 12.0. The van der Waals surface area contributed by atoms with E-state index in [2.05, 4.69) is 12.2 Å². The first-order chi connectivity index (χ1) is 7.16. The number of piperazine rings is 1. The fraction of sp³-hybridized carbons (Fsp3) is 0.500. The molecule has 2 rings (SSSR count). The van der Waals surface area contributed by atoms with E-state index < -0.39 is 0 Å². The van der Waals surface area contributed by atoms with Crippen LogP contribution in [0, 0.1) is 0 Å². The summed E-state index contributed by atoms with van der Waals surface area (Å²) in [4.78, 5) is 14.6.